The Bertz CT molecular complexity index is 526. The van der Waals surface area contributed by atoms with Crippen molar-refractivity contribution in [2.24, 2.45) is 0 Å². The molecule has 0 atom stereocenters. The average molecular weight is 276 g/mol. The fourth-order valence-corrected chi connectivity index (χ4v) is 2.24. The third-order valence-corrected chi connectivity index (χ3v) is 3.33. The second kappa shape index (κ2) is 6.84. The Morgan fingerprint density at radius 3 is 2.89 bits per heavy atom. The number of rotatable bonds is 6. The number of pyridine rings is 1. The predicted molar refractivity (Wildman–Crippen MR) is 75.8 cm³/mol. The summed E-state index contributed by atoms with van der Waals surface area (Å²) in [6.07, 6.45) is 3.56. The van der Waals surface area contributed by atoms with Crippen LogP contribution in [0.5, 0.6) is 0 Å². The number of hydrogen-bond acceptors (Lipinski definition) is 5. The van der Waals surface area contributed by atoms with E-state index in [4.69, 9.17) is 5.73 Å². The summed E-state index contributed by atoms with van der Waals surface area (Å²) in [6.45, 7) is 0.606. The number of hydrogen-bond donors (Lipinski definition) is 2. The van der Waals surface area contributed by atoms with Crippen LogP contribution in [0.3, 0.4) is 0 Å². The first kappa shape index (κ1) is 13.5. The van der Waals surface area contributed by atoms with E-state index >= 15 is 0 Å². The van der Waals surface area contributed by atoms with E-state index in [1.807, 2.05) is 23.6 Å². The molecule has 0 fully saturated rings. The Morgan fingerprint density at radius 2 is 2.21 bits per heavy atom. The quantitative estimate of drug-likeness (QED) is 0.836. The zero-order chi connectivity index (χ0) is 13.5. The maximum Gasteiger partial charge on any atom is 0.220 e. The number of thiazole rings is 1. The van der Waals surface area contributed by atoms with Crippen LogP contribution in [0.2, 0.25) is 0 Å². The van der Waals surface area contributed by atoms with Crippen molar-refractivity contribution in [3.8, 4) is 0 Å². The standard InChI is InChI=1S/C13H16N4OS/c14-13-17-11(9-19-13)4-5-12(18)16-8-6-10-3-1-2-7-15-10/h1-3,7,9H,4-6,8H2,(H2,14,17)(H,16,18). The summed E-state index contributed by atoms with van der Waals surface area (Å²) >= 11 is 1.40. The zero-order valence-electron chi connectivity index (χ0n) is 10.5. The summed E-state index contributed by atoms with van der Waals surface area (Å²) in [5.74, 6) is 0.0301. The van der Waals surface area contributed by atoms with Gasteiger partial charge in [-0.15, -0.1) is 11.3 Å². The molecule has 2 heterocycles. The van der Waals surface area contributed by atoms with Crippen molar-refractivity contribution >= 4 is 22.4 Å². The highest BCUT2D eigenvalue weighted by Gasteiger charge is 2.04. The molecule has 0 radical (unpaired) electrons. The highest BCUT2D eigenvalue weighted by Crippen LogP contribution is 2.12. The summed E-state index contributed by atoms with van der Waals surface area (Å²) < 4.78 is 0. The molecule has 0 aliphatic heterocycles. The number of nitrogens with one attached hydrogen (secondary N) is 1. The molecule has 0 saturated carbocycles. The van der Waals surface area contributed by atoms with Gasteiger partial charge in [0.15, 0.2) is 5.13 Å². The minimum atomic E-state index is 0.0301. The molecule has 2 aromatic rings. The Hall–Kier alpha value is -1.95. The Kier molecular flexibility index (Phi) is 4.85. The van der Waals surface area contributed by atoms with Crippen molar-refractivity contribution in [2.75, 3.05) is 12.3 Å². The first-order valence-electron chi connectivity index (χ1n) is 6.10. The van der Waals surface area contributed by atoms with Crippen LogP contribution in [0.15, 0.2) is 29.8 Å². The van der Waals surface area contributed by atoms with Crippen LogP contribution in [0, 0.1) is 0 Å². The molecule has 0 aromatic carbocycles. The van der Waals surface area contributed by atoms with E-state index in [0.717, 1.165) is 17.8 Å². The van der Waals surface area contributed by atoms with E-state index in [1.54, 1.807) is 6.20 Å². The van der Waals surface area contributed by atoms with Crippen LogP contribution in [0.25, 0.3) is 0 Å². The van der Waals surface area contributed by atoms with Gasteiger partial charge in [-0.05, 0) is 18.6 Å². The molecular weight excluding hydrogens is 260 g/mol. The third-order valence-electron chi connectivity index (χ3n) is 2.61. The van der Waals surface area contributed by atoms with E-state index in [0.29, 0.717) is 24.5 Å². The molecule has 0 aliphatic carbocycles. The summed E-state index contributed by atoms with van der Waals surface area (Å²) in [5, 5.41) is 5.31. The third kappa shape index (κ3) is 4.67. The van der Waals surface area contributed by atoms with Crippen LogP contribution in [-0.4, -0.2) is 22.4 Å². The highest BCUT2D eigenvalue weighted by atomic mass is 32.1. The van der Waals surface area contributed by atoms with Crippen LogP contribution < -0.4 is 11.1 Å². The van der Waals surface area contributed by atoms with Crippen molar-refractivity contribution in [2.45, 2.75) is 19.3 Å². The van der Waals surface area contributed by atoms with Gasteiger partial charge in [-0.2, -0.15) is 0 Å². The number of nitrogens with zero attached hydrogens (tertiary/aromatic N) is 2. The number of carbonyl (C=O) groups excluding carboxylic acids is 1. The predicted octanol–water partition coefficient (Wildman–Crippen LogP) is 1.41. The maximum atomic E-state index is 11.6. The molecule has 1 amide bonds. The Balaban J connectivity index is 1.65. The summed E-state index contributed by atoms with van der Waals surface area (Å²) in [7, 11) is 0. The van der Waals surface area contributed by atoms with Crippen LogP contribution in [0.4, 0.5) is 5.13 Å². The van der Waals surface area contributed by atoms with Gasteiger partial charge >= 0.3 is 0 Å². The lowest BCUT2D eigenvalue weighted by Gasteiger charge is -2.04. The number of amides is 1. The second-order valence-corrected chi connectivity index (χ2v) is 4.99. The van der Waals surface area contributed by atoms with Gasteiger partial charge in [0, 0.05) is 36.7 Å². The topological polar surface area (TPSA) is 80.9 Å². The van der Waals surface area contributed by atoms with Gasteiger partial charge < -0.3 is 11.1 Å². The fourth-order valence-electron chi connectivity index (χ4n) is 1.64. The number of anilines is 1. The van der Waals surface area contributed by atoms with Gasteiger partial charge in [-0.25, -0.2) is 4.98 Å². The van der Waals surface area contributed by atoms with Gasteiger partial charge in [0.05, 0.1) is 5.69 Å². The number of nitrogen functional groups attached to an aromatic ring is 1. The lowest BCUT2D eigenvalue weighted by molar-refractivity contribution is -0.121. The van der Waals surface area contributed by atoms with E-state index in [-0.39, 0.29) is 5.91 Å². The largest absolute Gasteiger partial charge is 0.375 e. The molecule has 0 aliphatic rings. The molecule has 6 heteroatoms. The van der Waals surface area contributed by atoms with Crippen molar-refractivity contribution in [3.63, 3.8) is 0 Å². The lowest BCUT2D eigenvalue weighted by atomic mass is 10.2. The smallest absolute Gasteiger partial charge is 0.220 e. The normalized spacial score (nSPS) is 10.3. The summed E-state index contributed by atoms with van der Waals surface area (Å²) in [5.41, 5.74) is 7.39. The van der Waals surface area contributed by atoms with Crippen LogP contribution in [-0.2, 0) is 17.6 Å². The number of carbonyl (C=O) groups is 1. The molecule has 0 bridgehead atoms. The highest BCUT2D eigenvalue weighted by molar-refractivity contribution is 7.13. The van der Waals surface area contributed by atoms with Gasteiger partial charge in [0.2, 0.25) is 5.91 Å². The van der Waals surface area contributed by atoms with Crippen LogP contribution in [0.1, 0.15) is 17.8 Å². The summed E-state index contributed by atoms with van der Waals surface area (Å²) in [4.78, 5) is 19.9. The van der Waals surface area contributed by atoms with Crippen molar-refractivity contribution < 1.29 is 4.79 Å². The minimum absolute atomic E-state index is 0.0301. The molecule has 100 valence electrons. The molecule has 5 nitrogen and oxygen atoms in total. The van der Waals surface area contributed by atoms with Gasteiger partial charge in [-0.3, -0.25) is 9.78 Å². The molecule has 19 heavy (non-hydrogen) atoms. The second-order valence-electron chi connectivity index (χ2n) is 4.10. The molecule has 2 aromatic heterocycles. The van der Waals surface area contributed by atoms with Gasteiger partial charge in [-0.1, -0.05) is 6.07 Å². The first-order chi connectivity index (χ1) is 9.24. The maximum absolute atomic E-state index is 11.6. The SMILES string of the molecule is Nc1nc(CCC(=O)NCCc2ccccn2)cs1. The molecule has 2 rings (SSSR count). The Labute approximate surface area is 115 Å². The lowest BCUT2D eigenvalue weighted by Crippen LogP contribution is -2.26. The van der Waals surface area contributed by atoms with Gasteiger partial charge in [0.1, 0.15) is 0 Å². The fraction of sp³-hybridized carbons (Fsp3) is 0.308. The summed E-state index contributed by atoms with van der Waals surface area (Å²) in [6, 6.07) is 5.77. The molecular formula is C13H16N4OS. The Morgan fingerprint density at radius 1 is 1.32 bits per heavy atom. The molecule has 0 unspecified atom stereocenters. The minimum Gasteiger partial charge on any atom is -0.375 e. The monoisotopic (exact) mass is 276 g/mol. The van der Waals surface area contributed by atoms with Crippen molar-refractivity contribution in [1.29, 1.82) is 0 Å². The number of nitrogens with two attached hydrogens (primary N) is 1. The van der Waals surface area contributed by atoms with E-state index in [1.165, 1.54) is 11.3 Å². The van der Waals surface area contributed by atoms with E-state index < -0.39 is 0 Å². The van der Waals surface area contributed by atoms with Crippen LogP contribution >= 0.6 is 11.3 Å². The van der Waals surface area contributed by atoms with Crippen molar-refractivity contribution in [3.05, 3.63) is 41.2 Å². The first-order valence-corrected chi connectivity index (χ1v) is 6.98. The number of aryl methyl sites for hydroxylation is 1. The van der Waals surface area contributed by atoms with E-state index in [2.05, 4.69) is 15.3 Å². The molecule has 3 N–H and O–H groups in total. The average Bonchev–Trinajstić information content (AvgIpc) is 2.83. The van der Waals surface area contributed by atoms with E-state index in [9.17, 15) is 4.79 Å². The van der Waals surface area contributed by atoms with Gasteiger partial charge in [0.25, 0.3) is 0 Å². The number of aromatic nitrogens is 2. The zero-order valence-corrected chi connectivity index (χ0v) is 11.3. The molecule has 0 saturated heterocycles. The molecule has 0 spiro atoms. The van der Waals surface area contributed by atoms with Crippen molar-refractivity contribution in [1.82, 2.24) is 15.3 Å².